The molecule has 0 aliphatic heterocycles. The molecule has 0 atom stereocenters. The molecule has 28 heavy (non-hydrogen) atoms. The molecule has 0 radical (unpaired) electrons. The summed E-state index contributed by atoms with van der Waals surface area (Å²) in [6, 6.07) is 13.1. The number of carboxylic acids is 1. The number of thiazole rings is 1. The van der Waals surface area contributed by atoms with Crippen LogP contribution < -0.4 is 4.74 Å². The monoisotopic (exact) mass is 394 g/mol. The molecule has 0 amide bonds. The highest BCUT2D eigenvalue weighted by Gasteiger charge is 2.14. The van der Waals surface area contributed by atoms with Crippen LogP contribution in [0, 0.1) is 0 Å². The van der Waals surface area contributed by atoms with E-state index >= 15 is 0 Å². The first-order chi connectivity index (χ1) is 13.6. The quantitative estimate of drug-likeness (QED) is 0.498. The Morgan fingerprint density at radius 2 is 2.11 bits per heavy atom. The molecule has 0 unspecified atom stereocenters. The number of carbonyl (C=O) groups is 1. The highest BCUT2D eigenvalue weighted by atomic mass is 32.1. The lowest BCUT2D eigenvalue weighted by atomic mass is 10.2. The minimum atomic E-state index is -0.948. The first-order valence-electron chi connectivity index (χ1n) is 8.66. The zero-order valence-electron chi connectivity index (χ0n) is 15.2. The van der Waals surface area contributed by atoms with Gasteiger partial charge in [-0.3, -0.25) is 0 Å². The third-order valence-electron chi connectivity index (χ3n) is 4.39. The number of hydrogen-bond donors (Lipinski definition) is 1. The van der Waals surface area contributed by atoms with Crippen molar-refractivity contribution in [2.45, 2.75) is 13.0 Å². The second-order valence-corrected chi connectivity index (χ2v) is 7.14. The zero-order chi connectivity index (χ0) is 19.5. The zero-order valence-corrected chi connectivity index (χ0v) is 16.0. The van der Waals surface area contributed by atoms with Crippen molar-refractivity contribution in [2.24, 2.45) is 0 Å². The molecule has 142 valence electrons. The van der Waals surface area contributed by atoms with Crippen molar-refractivity contribution < 1.29 is 19.1 Å². The molecule has 0 bridgehead atoms. The van der Waals surface area contributed by atoms with Crippen molar-refractivity contribution in [3.8, 4) is 16.3 Å². The molecular weight excluding hydrogens is 376 g/mol. The summed E-state index contributed by atoms with van der Waals surface area (Å²) in [4.78, 5) is 16.1. The van der Waals surface area contributed by atoms with Gasteiger partial charge in [0.2, 0.25) is 0 Å². The number of nitrogens with zero attached hydrogens (tertiary/aromatic N) is 2. The Hall–Kier alpha value is -3.32. The van der Waals surface area contributed by atoms with Crippen molar-refractivity contribution in [3.05, 3.63) is 83.0 Å². The number of hydrogen-bond acceptors (Lipinski definition) is 5. The molecular formula is C21H18N2O4S. The first-order valence-corrected chi connectivity index (χ1v) is 9.54. The maximum absolute atomic E-state index is 11.4. The molecule has 3 heterocycles. The van der Waals surface area contributed by atoms with Crippen LogP contribution in [0.25, 0.3) is 10.6 Å². The van der Waals surface area contributed by atoms with Crippen LogP contribution in [-0.2, 0) is 13.0 Å². The Labute approximate surface area is 165 Å². The van der Waals surface area contributed by atoms with Gasteiger partial charge in [0.15, 0.2) is 0 Å². The second kappa shape index (κ2) is 7.74. The third kappa shape index (κ3) is 3.84. The smallest absolute Gasteiger partial charge is 0.337 e. The van der Waals surface area contributed by atoms with E-state index in [1.165, 1.54) is 0 Å². The molecule has 3 aromatic heterocycles. The highest BCUT2D eigenvalue weighted by molar-refractivity contribution is 7.13. The fourth-order valence-corrected chi connectivity index (χ4v) is 3.80. The van der Waals surface area contributed by atoms with Gasteiger partial charge in [-0.1, -0.05) is 0 Å². The van der Waals surface area contributed by atoms with Crippen molar-refractivity contribution in [1.29, 1.82) is 0 Å². The van der Waals surface area contributed by atoms with E-state index in [1.54, 1.807) is 37.0 Å². The van der Waals surface area contributed by atoms with E-state index < -0.39 is 5.97 Å². The number of aromatic carboxylic acids is 1. The van der Waals surface area contributed by atoms with E-state index in [2.05, 4.69) is 0 Å². The van der Waals surface area contributed by atoms with Crippen LogP contribution in [0.4, 0.5) is 0 Å². The fraction of sp³-hybridized carbons (Fsp3) is 0.143. The van der Waals surface area contributed by atoms with Crippen LogP contribution in [-0.4, -0.2) is 27.7 Å². The van der Waals surface area contributed by atoms with Gasteiger partial charge in [-0.2, -0.15) is 0 Å². The third-order valence-corrected chi connectivity index (χ3v) is 5.33. The van der Waals surface area contributed by atoms with Gasteiger partial charge in [0.05, 0.1) is 31.2 Å². The second-order valence-electron chi connectivity index (χ2n) is 6.28. The summed E-state index contributed by atoms with van der Waals surface area (Å²) in [6.07, 6.45) is 3.79. The van der Waals surface area contributed by atoms with E-state index in [4.69, 9.17) is 14.1 Å². The topological polar surface area (TPSA) is 77.5 Å². The van der Waals surface area contributed by atoms with E-state index in [1.807, 2.05) is 46.3 Å². The molecule has 0 aliphatic rings. The maximum Gasteiger partial charge on any atom is 0.337 e. The van der Waals surface area contributed by atoms with Crippen molar-refractivity contribution in [2.75, 3.05) is 7.11 Å². The maximum atomic E-state index is 11.4. The summed E-state index contributed by atoms with van der Waals surface area (Å²) in [5.41, 5.74) is 3.05. The Morgan fingerprint density at radius 3 is 2.79 bits per heavy atom. The minimum absolute atomic E-state index is 0.257. The fourth-order valence-electron chi connectivity index (χ4n) is 2.98. The van der Waals surface area contributed by atoms with Crippen LogP contribution in [0.15, 0.2) is 64.7 Å². The summed E-state index contributed by atoms with van der Waals surface area (Å²) in [6.45, 7) is 0.477. The number of carboxylic acid groups (broad SMARTS) is 1. The van der Waals surface area contributed by atoms with Gasteiger partial charge in [-0.05, 0) is 42.5 Å². The Morgan fingerprint density at radius 1 is 1.29 bits per heavy atom. The summed E-state index contributed by atoms with van der Waals surface area (Å²) in [5, 5.41) is 12.3. The highest BCUT2D eigenvalue weighted by Crippen LogP contribution is 2.27. The number of methoxy groups -OCH3 is 1. The largest absolute Gasteiger partial charge is 0.497 e. The van der Waals surface area contributed by atoms with Crippen molar-refractivity contribution >= 4 is 17.3 Å². The number of ether oxygens (including phenoxy) is 1. The molecule has 4 rings (SSSR count). The molecule has 0 saturated heterocycles. The average Bonchev–Trinajstić information content (AvgIpc) is 3.45. The molecule has 0 spiro atoms. The van der Waals surface area contributed by atoms with E-state index in [-0.39, 0.29) is 5.56 Å². The molecule has 0 saturated carbocycles. The first kappa shape index (κ1) is 18.1. The number of furan rings is 1. The predicted octanol–water partition coefficient (Wildman–Crippen LogP) is 4.55. The Balaban J connectivity index is 1.58. The molecule has 0 aliphatic carbocycles. The van der Waals surface area contributed by atoms with E-state index in [0.717, 1.165) is 33.5 Å². The lowest BCUT2D eigenvalue weighted by Gasteiger charge is -2.06. The van der Waals surface area contributed by atoms with Gasteiger partial charge >= 0.3 is 5.97 Å². The number of aromatic nitrogens is 2. The van der Waals surface area contributed by atoms with E-state index in [0.29, 0.717) is 13.0 Å². The SMILES string of the molecule is COc1ccc(-c2nc(Cc3cc(C(=O)O)cn3Cc3ccco3)cs2)cc1. The van der Waals surface area contributed by atoms with Crippen LogP contribution in [0.1, 0.15) is 27.5 Å². The molecule has 1 N–H and O–H groups in total. The van der Waals surface area contributed by atoms with Crippen LogP contribution in [0.2, 0.25) is 0 Å². The van der Waals surface area contributed by atoms with Gasteiger partial charge < -0.3 is 18.8 Å². The molecule has 1 aromatic carbocycles. The lowest BCUT2D eigenvalue weighted by Crippen LogP contribution is -2.03. The molecule has 4 aromatic rings. The summed E-state index contributed by atoms with van der Waals surface area (Å²) < 4.78 is 12.5. The molecule has 0 fully saturated rings. The summed E-state index contributed by atoms with van der Waals surface area (Å²) >= 11 is 1.56. The molecule has 6 nitrogen and oxygen atoms in total. The predicted molar refractivity (Wildman–Crippen MR) is 106 cm³/mol. The van der Waals surface area contributed by atoms with Crippen LogP contribution >= 0.6 is 11.3 Å². The number of rotatable bonds is 7. The van der Waals surface area contributed by atoms with E-state index in [9.17, 15) is 9.90 Å². The van der Waals surface area contributed by atoms with Crippen LogP contribution in [0.5, 0.6) is 5.75 Å². The Kier molecular flexibility index (Phi) is 4.99. The molecule has 7 heteroatoms. The summed E-state index contributed by atoms with van der Waals surface area (Å²) in [7, 11) is 1.64. The number of benzene rings is 1. The summed E-state index contributed by atoms with van der Waals surface area (Å²) in [5.74, 6) is 0.625. The van der Waals surface area contributed by atoms with Crippen LogP contribution in [0.3, 0.4) is 0 Å². The van der Waals surface area contributed by atoms with Gasteiger partial charge in [0.25, 0.3) is 0 Å². The lowest BCUT2D eigenvalue weighted by molar-refractivity contribution is 0.0697. The normalized spacial score (nSPS) is 10.9. The standard InChI is InChI=1S/C21H18N2O4S/c1-26-18-6-4-14(5-7-18)20-22-16(13-28-20)10-17-9-15(21(24)25)11-23(17)12-19-3-2-8-27-19/h2-9,11,13H,10,12H2,1H3,(H,24,25). The Bertz CT molecular complexity index is 1080. The van der Waals surface area contributed by atoms with Gasteiger partial charge in [0.1, 0.15) is 16.5 Å². The van der Waals surface area contributed by atoms with Gasteiger partial charge in [-0.15, -0.1) is 11.3 Å². The van der Waals surface area contributed by atoms with Crippen molar-refractivity contribution in [1.82, 2.24) is 9.55 Å². The van der Waals surface area contributed by atoms with Gasteiger partial charge in [-0.25, -0.2) is 9.78 Å². The minimum Gasteiger partial charge on any atom is -0.497 e. The van der Waals surface area contributed by atoms with Crippen molar-refractivity contribution in [3.63, 3.8) is 0 Å². The van der Waals surface area contributed by atoms with Gasteiger partial charge in [0, 0.05) is 29.3 Å². The average molecular weight is 394 g/mol.